The molecule has 2 rings (SSSR count). The molecule has 100 valence electrons. The summed E-state index contributed by atoms with van der Waals surface area (Å²) in [6.07, 6.45) is 4.47. The molecule has 1 aromatic carbocycles. The molecule has 1 amide bonds. The summed E-state index contributed by atoms with van der Waals surface area (Å²) in [6.45, 7) is 1.88. The fourth-order valence-corrected chi connectivity index (χ4v) is 1.77. The third kappa shape index (κ3) is 3.36. The monoisotopic (exact) mass is 266 g/mol. The molecule has 0 spiro atoms. The Balaban J connectivity index is 2.09. The highest BCUT2D eigenvalue weighted by atomic mass is 16.3. The first-order chi connectivity index (χ1) is 9.70. The van der Waals surface area contributed by atoms with E-state index < -0.39 is 5.91 Å². The number of nitrogens with zero attached hydrogens (tertiary/aromatic N) is 1. The molecule has 0 aliphatic carbocycles. The van der Waals surface area contributed by atoms with Crippen LogP contribution in [-0.4, -0.2) is 5.91 Å². The maximum absolute atomic E-state index is 12.1. The Morgan fingerprint density at radius 3 is 2.70 bits per heavy atom. The van der Waals surface area contributed by atoms with Crippen molar-refractivity contribution in [2.45, 2.75) is 13.0 Å². The van der Waals surface area contributed by atoms with Crippen LogP contribution in [0.3, 0.4) is 0 Å². The molecule has 0 saturated carbocycles. The van der Waals surface area contributed by atoms with Crippen LogP contribution in [0.25, 0.3) is 6.08 Å². The molecule has 4 nitrogen and oxygen atoms in total. The van der Waals surface area contributed by atoms with Gasteiger partial charge in [-0.2, -0.15) is 5.26 Å². The summed E-state index contributed by atoms with van der Waals surface area (Å²) >= 11 is 0. The lowest BCUT2D eigenvalue weighted by atomic mass is 10.1. The van der Waals surface area contributed by atoms with Crippen molar-refractivity contribution >= 4 is 12.0 Å². The largest absolute Gasteiger partial charge is 0.472 e. The van der Waals surface area contributed by atoms with E-state index in [0.717, 1.165) is 5.56 Å². The van der Waals surface area contributed by atoms with Crippen LogP contribution < -0.4 is 5.32 Å². The lowest BCUT2D eigenvalue weighted by Crippen LogP contribution is -2.27. The van der Waals surface area contributed by atoms with Crippen LogP contribution >= 0.6 is 0 Å². The average Bonchev–Trinajstić information content (AvgIpc) is 2.98. The number of hydrogen-bond acceptors (Lipinski definition) is 3. The van der Waals surface area contributed by atoms with Crippen molar-refractivity contribution in [2.24, 2.45) is 0 Å². The molecule has 20 heavy (non-hydrogen) atoms. The minimum atomic E-state index is -0.398. The van der Waals surface area contributed by atoms with E-state index in [1.807, 2.05) is 43.3 Å². The summed E-state index contributed by atoms with van der Waals surface area (Å²) in [5, 5.41) is 11.9. The zero-order chi connectivity index (χ0) is 14.4. The van der Waals surface area contributed by atoms with Crippen molar-refractivity contribution in [1.82, 2.24) is 5.32 Å². The molecule has 0 bridgehead atoms. The van der Waals surface area contributed by atoms with Gasteiger partial charge < -0.3 is 9.73 Å². The van der Waals surface area contributed by atoms with Crippen molar-refractivity contribution in [1.29, 1.82) is 5.26 Å². The van der Waals surface area contributed by atoms with Crippen LogP contribution in [0.1, 0.15) is 24.1 Å². The molecule has 4 heteroatoms. The Morgan fingerprint density at radius 2 is 2.10 bits per heavy atom. The Hall–Kier alpha value is -2.80. The lowest BCUT2D eigenvalue weighted by molar-refractivity contribution is -0.117. The molecule has 0 radical (unpaired) electrons. The van der Waals surface area contributed by atoms with Gasteiger partial charge in [-0.3, -0.25) is 4.79 Å². The Kier molecular flexibility index (Phi) is 4.35. The number of carbonyl (C=O) groups excluding carboxylic acids is 1. The third-order valence-electron chi connectivity index (χ3n) is 2.87. The minimum absolute atomic E-state index is 0.0502. The summed E-state index contributed by atoms with van der Waals surface area (Å²) < 4.78 is 4.90. The van der Waals surface area contributed by atoms with Gasteiger partial charge in [-0.25, -0.2) is 0 Å². The van der Waals surface area contributed by atoms with Crippen LogP contribution in [0, 0.1) is 11.3 Å². The molecular weight excluding hydrogens is 252 g/mol. The van der Waals surface area contributed by atoms with Crippen LogP contribution in [0.4, 0.5) is 0 Å². The summed E-state index contributed by atoms with van der Waals surface area (Å²) in [6, 6.07) is 13.0. The van der Waals surface area contributed by atoms with E-state index in [9.17, 15) is 4.79 Å². The summed E-state index contributed by atoms with van der Waals surface area (Å²) in [5.74, 6) is -0.398. The molecule has 0 fully saturated rings. The van der Waals surface area contributed by atoms with Crippen molar-refractivity contribution in [3.63, 3.8) is 0 Å². The van der Waals surface area contributed by atoms with E-state index in [4.69, 9.17) is 9.68 Å². The Morgan fingerprint density at radius 1 is 1.35 bits per heavy atom. The molecular formula is C16H14N2O2. The van der Waals surface area contributed by atoms with Gasteiger partial charge in [0, 0.05) is 5.56 Å². The average molecular weight is 266 g/mol. The van der Waals surface area contributed by atoms with E-state index in [-0.39, 0.29) is 11.6 Å². The van der Waals surface area contributed by atoms with Crippen molar-refractivity contribution < 1.29 is 9.21 Å². The molecule has 0 saturated heterocycles. The number of furan rings is 1. The molecule has 0 unspecified atom stereocenters. The highest BCUT2D eigenvalue weighted by molar-refractivity contribution is 6.01. The van der Waals surface area contributed by atoms with E-state index in [1.54, 1.807) is 6.07 Å². The van der Waals surface area contributed by atoms with Crippen LogP contribution in [0.15, 0.2) is 58.9 Å². The number of benzene rings is 1. The summed E-state index contributed by atoms with van der Waals surface area (Å²) in [5.41, 5.74) is 1.72. The number of nitrogens with one attached hydrogen (secondary N) is 1. The number of amides is 1. The van der Waals surface area contributed by atoms with Crippen molar-refractivity contribution in [3.05, 3.63) is 65.6 Å². The van der Waals surface area contributed by atoms with E-state index in [1.165, 1.54) is 18.6 Å². The molecule has 0 aliphatic rings. The smallest absolute Gasteiger partial charge is 0.262 e. The maximum Gasteiger partial charge on any atom is 0.262 e. The highest BCUT2D eigenvalue weighted by Gasteiger charge is 2.13. The zero-order valence-electron chi connectivity index (χ0n) is 11.0. The topological polar surface area (TPSA) is 66.0 Å². The lowest BCUT2D eigenvalue weighted by Gasteiger charge is -2.13. The summed E-state index contributed by atoms with van der Waals surface area (Å²) in [4.78, 5) is 12.1. The molecule has 0 aliphatic heterocycles. The number of nitriles is 1. The first kappa shape index (κ1) is 13.6. The van der Waals surface area contributed by atoms with E-state index in [0.29, 0.717) is 5.56 Å². The fourth-order valence-electron chi connectivity index (χ4n) is 1.77. The van der Waals surface area contributed by atoms with E-state index in [2.05, 4.69) is 5.32 Å². The van der Waals surface area contributed by atoms with Crippen molar-refractivity contribution in [2.75, 3.05) is 0 Å². The normalized spacial score (nSPS) is 12.5. The van der Waals surface area contributed by atoms with Gasteiger partial charge in [0.1, 0.15) is 11.6 Å². The highest BCUT2D eigenvalue weighted by Crippen LogP contribution is 2.13. The minimum Gasteiger partial charge on any atom is -0.472 e. The van der Waals surface area contributed by atoms with Gasteiger partial charge in [0.25, 0.3) is 5.91 Å². The quantitative estimate of drug-likeness (QED) is 0.683. The fraction of sp³-hybridized carbons (Fsp3) is 0.125. The van der Waals surface area contributed by atoms with Crippen LogP contribution in [0.2, 0.25) is 0 Å². The van der Waals surface area contributed by atoms with Gasteiger partial charge >= 0.3 is 0 Å². The first-order valence-corrected chi connectivity index (χ1v) is 6.20. The van der Waals surface area contributed by atoms with Crippen molar-refractivity contribution in [3.8, 4) is 6.07 Å². The first-order valence-electron chi connectivity index (χ1n) is 6.20. The molecule has 1 atom stereocenters. The number of rotatable bonds is 4. The standard InChI is InChI=1S/C16H14N2O2/c1-12(14-5-3-2-4-6-14)18-16(19)15(10-17)9-13-7-8-20-11-13/h2-9,11-12H,1H3,(H,18,19)/b15-9-/t12-/m1/s1. The molecule has 1 aromatic heterocycles. The van der Waals surface area contributed by atoms with Crippen LogP contribution in [-0.2, 0) is 4.79 Å². The number of carbonyl (C=O) groups is 1. The van der Waals surface area contributed by atoms with Gasteiger partial charge in [-0.15, -0.1) is 0 Å². The second-order valence-corrected chi connectivity index (χ2v) is 4.33. The molecule has 1 heterocycles. The van der Waals surface area contributed by atoms with Gasteiger partial charge in [0.2, 0.25) is 0 Å². The van der Waals surface area contributed by atoms with Gasteiger partial charge in [0.05, 0.1) is 18.6 Å². The molecule has 1 N–H and O–H groups in total. The Labute approximate surface area is 117 Å². The maximum atomic E-state index is 12.1. The third-order valence-corrected chi connectivity index (χ3v) is 2.87. The number of hydrogen-bond donors (Lipinski definition) is 1. The van der Waals surface area contributed by atoms with Gasteiger partial charge in [0.15, 0.2) is 0 Å². The van der Waals surface area contributed by atoms with E-state index >= 15 is 0 Å². The predicted molar refractivity (Wildman–Crippen MR) is 75.3 cm³/mol. The Bertz CT molecular complexity index is 637. The SMILES string of the molecule is C[C@@H](NC(=O)/C(C#N)=C\c1ccoc1)c1ccccc1. The summed E-state index contributed by atoms with van der Waals surface area (Å²) in [7, 11) is 0. The zero-order valence-corrected chi connectivity index (χ0v) is 11.0. The molecule has 2 aromatic rings. The second-order valence-electron chi connectivity index (χ2n) is 4.33. The van der Waals surface area contributed by atoms with Gasteiger partial charge in [-0.05, 0) is 24.6 Å². The second kappa shape index (κ2) is 6.39. The predicted octanol–water partition coefficient (Wildman–Crippen LogP) is 3.06. The van der Waals surface area contributed by atoms with Crippen LogP contribution in [0.5, 0.6) is 0 Å². The van der Waals surface area contributed by atoms with Gasteiger partial charge in [-0.1, -0.05) is 30.3 Å².